The van der Waals surface area contributed by atoms with Crippen LogP contribution in [0.3, 0.4) is 0 Å². The molecule has 0 radical (unpaired) electrons. The summed E-state index contributed by atoms with van der Waals surface area (Å²) in [5, 5.41) is 2.62. The number of nitrogens with one attached hydrogen (secondary N) is 1. The van der Waals surface area contributed by atoms with Crippen molar-refractivity contribution in [3.8, 4) is 0 Å². The molecule has 1 N–H and O–H groups in total. The van der Waals surface area contributed by atoms with E-state index in [0.29, 0.717) is 31.6 Å². The molecule has 5 nitrogen and oxygen atoms in total. The molecule has 0 aliphatic carbocycles. The van der Waals surface area contributed by atoms with E-state index in [4.69, 9.17) is 4.74 Å². The number of anilines is 1. The molecule has 2 amide bonds. The lowest BCUT2D eigenvalue weighted by Crippen LogP contribution is -2.34. The number of carbonyl (C=O) groups excluding carboxylic acids is 2. The van der Waals surface area contributed by atoms with Crippen molar-refractivity contribution in [1.29, 1.82) is 0 Å². The highest BCUT2D eigenvalue weighted by Gasteiger charge is 2.24. The van der Waals surface area contributed by atoms with Crippen LogP contribution < -0.4 is 10.2 Å². The minimum absolute atomic E-state index is 0.0552. The molecular formula is C17H23FN2O3. The van der Waals surface area contributed by atoms with Crippen molar-refractivity contribution in [3.63, 3.8) is 0 Å². The number of benzene rings is 1. The zero-order chi connectivity index (χ0) is 17.0. The van der Waals surface area contributed by atoms with Crippen molar-refractivity contribution in [2.75, 3.05) is 18.0 Å². The summed E-state index contributed by atoms with van der Waals surface area (Å²) < 4.78 is 18.4. The second-order valence-corrected chi connectivity index (χ2v) is 6.60. The Kier molecular flexibility index (Phi) is 5.23. The zero-order valence-electron chi connectivity index (χ0n) is 13.8. The largest absolute Gasteiger partial charge is 0.444 e. The second kappa shape index (κ2) is 6.98. The fraction of sp³-hybridized carbons (Fsp3) is 0.529. The van der Waals surface area contributed by atoms with Crippen LogP contribution in [0.25, 0.3) is 0 Å². The number of rotatable bonds is 4. The van der Waals surface area contributed by atoms with Crippen molar-refractivity contribution in [3.05, 3.63) is 29.6 Å². The summed E-state index contributed by atoms with van der Waals surface area (Å²) in [7, 11) is 0. The van der Waals surface area contributed by atoms with Gasteiger partial charge in [0.2, 0.25) is 5.91 Å². The monoisotopic (exact) mass is 322 g/mol. The maximum Gasteiger partial charge on any atom is 0.407 e. The fourth-order valence-electron chi connectivity index (χ4n) is 2.49. The predicted molar refractivity (Wildman–Crippen MR) is 85.9 cm³/mol. The topological polar surface area (TPSA) is 58.6 Å². The van der Waals surface area contributed by atoms with Crippen LogP contribution in [0.1, 0.15) is 39.2 Å². The van der Waals surface area contributed by atoms with Crippen molar-refractivity contribution >= 4 is 17.7 Å². The molecule has 1 aromatic rings. The van der Waals surface area contributed by atoms with Crippen LogP contribution in [-0.4, -0.2) is 30.7 Å². The van der Waals surface area contributed by atoms with Crippen LogP contribution in [0, 0.1) is 5.82 Å². The van der Waals surface area contributed by atoms with Gasteiger partial charge >= 0.3 is 6.09 Å². The summed E-state index contributed by atoms with van der Waals surface area (Å²) in [5.74, 6) is -0.393. The molecular weight excluding hydrogens is 299 g/mol. The molecule has 0 atom stereocenters. The molecule has 1 heterocycles. The Balaban J connectivity index is 1.77. The van der Waals surface area contributed by atoms with Gasteiger partial charge in [0.25, 0.3) is 0 Å². The van der Waals surface area contributed by atoms with Crippen LogP contribution in [0.2, 0.25) is 0 Å². The smallest absolute Gasteiger partial charge is 0.407 e. The van der Waals surface area contributed by atoms with Gasteiger partial charge in [0.15, 0.2) is 0 Å². The number of hydrogen-bond donors (Lipinski definition) is 1. The summed E-state index contributed by atoms with van der Waals surface area (Å²) in [5.41, 5.74) is 1.12. The quantitative estimate of drug-likeness (QED) is 0.867. The summed E-state index contributed by atoms with van der Waals surface area (Å²) in [6.07, 6.45) is 1.07. The standard InChI is InChI=1S/C17H23FN2O3/c1-17(2,3)23-16(22)19-9-4-5-15(21)20-10-8-12-6-7-13(18)11-14(12)20/h6-7,11H,4-5,8-10H2,1-3H3,(H,19,22). The maximum absolute atomic E-state index is 13.3. The minimum atomic E-state index is -0.538. The van der Waals surface area contributed by atoms with Gasteiger partial charge in [-0.25, -0.2) is 9.18 Å². The normalized spacial score (nSPS) is 13.7. The number of carbonyl (C=O) groups is 2. The fourth-order valence-corrected chi connectivity index (χ4v) is 2.49. The van der Waals surface area contributed by atoms with Crippen LogP contribution in [0.5, 0.6) is 0 Å². The van der Waals surface area contributed by atoms with Gasteiger partial charge in [-0.05, 0) is 51.3 Å². The van der Waals surface area contributed by atoms with Crippen LogP contribution in [0.4, 0.5) is 14.9 Å². The van der Waals surface area contributed by atoms with Gasteiger partial charge in [-0.3, -0.25) is 4.79 Å². The van der Waals surface area contributed by atoms with E-state index in [2.05, 4.69) is 5.32 Å². The Morgan fingerprint density at radius 1 is 1.35 bits per heavy atom. The molecule has 1 aromatic carbocycles. The molecule has 0 unspecified atom stereocenters. The molecule has 0 spiro atoms. The molecule has 0 fully saturated rings. The van der Waals surface area contributed by atoms with Gasteiger partial charge in [-0.1, -0.05) is 6.07 Å². The molecule has 0 bridgehead atoms. The summed E-state index contributed by atoms with van der Waals surface area (Å²) in [4.78, 5) is 25.4. The van der Waals surface area contributed by atoms with E-state index in [-0.39, 0.29) is 11.7 Å². The molecule has 1 aliphatic heterocycles. The first-order valence-corrected chi connectivity index (χ1v) is 7.82. The summed E-state index contributed by atoms with van der Waals surface area (Å²) in [6.45, 7) is 6.32. The predicted octanol–water partition coefficient (Wildman–Crippen LogP) is 3.02. The number of amides is 2. The number of fused-ring (bicyclic) bond motifs is 1. The minimum Gasteiger partial charge on any atom is -0.444 e. The Labute approximate surface area is 135 Å². The lowest BCUT2D eigenvalue weighted by molar-refractivity contribution is -0.118. The van der Waals surface area contributed by atoms with E-state index in [0.717, 1.165) is 12.0 Å². The van der Waals surface area contributed by atoms with Crippen molar-refractivity contribution in [2.45, 2.75) is 45.6 Å². The summed E-state index contributed by atoms with van der Waals surface area (Å²) in [6, 6.07) is 4.54. The molecule has 0 aromatic heterocycles. The molecule has 6 heteroatoms. The number of halogens is 1. The van der Waals surface area contributed by atoms with E-state index in [1.54, 1.807) is 31.7 Å². The number of hydrogen-bond acceptors (Lipinski definition) is 3. The van der Waals surface area contributed by atoms with Crippen LogP contribution >= 0.6 is 0 Å². The average Bonchev–Trinajstić information content (AvgIpc) is 2.84. The first-order chi connectivity index (χ1) is 10.8. The van der Waals surface area contributed by atoms with Crippen molar-refractivity contribution in [1.82, 2.24) is 5.32 Å². The van der Waals surface area contributed by atoms with Gasteiger partial charge in [-0.2, -0.15) is 0 Å². The van der Waals surface area contributed by atoms with Crippen LogP contribution in [0.15, 0.2) is 18.2 Å². The Bertz CT molecular complexity index is 596. The van der Waals surface area contributed by atoms with E-state index >= 15 is 0 Å². The SMILES string of the molecule is CC(C)(C)OC(=O)NCCCC(=O)N1CCc2ccc(F)cc21. The lowest BCUT2D eigenvalue weighted by atomic mass is 10.1. The average molecular weight is 322 g/mol. The molecule has 0 saturated heterocycles. The van der Waals surface area contributed by atoms with Gasteiger partial charge in [0, 0.05) is 25.2 Å². The molecule has 23 heavy (non-hydrogen) atoms. The first-order valence-electron chi connectivity index (χ1n) is 7.82. The first kappa shape index (κ1) is 17.2. The Morgan fingerprint density at radius 2 is 2.09 bits per heavy atom. The van der Waals surface area contributed by atoms with Crippen molar-refractivity contribution in [2.24, 2.45) is 0 Å². The molecule has 2 rings (SSSR count). The third-order valence-corrected chi connectivity index (χ3v) is 3.48. The van der Waals surface area contributed by atoms with Gasteiger partial charge in [0.1, 0.15) is 11.4 Å². The summed E-state index contributed by atoms with van der Waals surface area (Å²) >= 11 is 0. The number of ether oxygens (including phenoxy) is 1. The maximum atomic E-state index is 13.3. The highest BCUT2D eigenvalue weighted by molar-refractivity contribution is 5.95. The zero-order valence-corrected chi connectivity index (χ0v) is 13.8. The van der Waals surface area contributed by atoms with E-state index in [1.165, 1.54) is 12.1 Å². The second-order valence-electron chi connectivity index (χ2n) is 6.60. The van der Waals surface area contributed by atoms with Crippen LogP contribution in [-0.2, 0) is 16.0 Å². The number of nitrogens with zero attached hydrogens (tertiary/aromatic N) is 1. The van der Waals surface area contributed by atoms with Crippen molar-refractivity contribution < 1.29 is 18.7 Å². The highest BCUT2D eigenvalue weighted by Crippen LogP contribution is 2.29. The van der Waals surface area contributed by atoms with Gasteiger partial charge in [0.05, 0.1) is 0 Å². The van der Waals surface area contributed by atoms with Gasteiger partial charge < -0.3 is 15.0 Å². The molecule has 0 saturated carbocycles. The Hall–Kier alpha value is -2.11. The van der Waals surface area contributed by atoms with E-state index in [9.17, 15) is 14.0 Å². The Morgan fingerprint density at radius 3 is 2.78 bits per heavy atom. The van der Waals surface area contributed by atoms with E-state index < -0.39 is 11.7 Å². The van der Waals surface area contributed by atoms with E-state index in [1.807, 2.05) is 0 Å². The third-order valence-electron chi connectivity index (χ3n) is 3.48. The number of alkyl carbamates (subject to hydrolysis) is 1. The third kappa shape index (κ3) is 4.94. The highest BCUT2D eigenvalue weighted by atomic mass is 19.1. The molecule has 1 aliphatic rings. The molecule has 126 valence electrons. The lowest BCUT2D eigenvalue weighted by Gasteiger charge is -2.20. The van der Waals surface area contributed by atoms with Gasteiger partial charge in [-0.15, -0.1) is 0 Å².